The predicted octanol–water partition coefficient (Wildman–Crippen LogP) is 0.675. The third-order valence-corrected chi connectivity index (χ3v) is 3.01. The van der Waals surface area contributed by atoms with Gasteiger partial charge < -0.3 is 20.2 Å². The highest BCUT2D eigenvalue weighted by Crippen LogP contribution is 2.29. The molecule has 0 heterocycles. The van der Waals surface area contributed by atoms with E-state index in [1.807, 2.05) is 0 Å². The monoisotopic (exact) mass is 335 g/mol. The number of hydrogen-bond acceptors (Lipinski definition) is 8. The van der Waals surface area contributed by atoms with Gasteiger partial charge in [-0.2, -0.15) is 0 Å². The molecule has 3 N–H and O–H groups in total. The molecule has 0 fully saturated rings. The lowest BCUT2D eigenvalue weighted by atomic mass is 10.1. The molecule has 0 amide bonds. The van der Waals surface area contributed by atoms with Crippen LogP contribution in [0.1, 0.15) is 0 Å². The fourth-order valence-electron chi connectivity index (χ4n) is 1.63. The van der Waals surface area contributed by atoms with Crippen molar-refractivity contribution in [1.29, 1.82) is 0 Å². The molecular weight excluding hydrogens is 318 g/mol. The Bertz CT molecular complexity index is 698. The Morgan fingerprint density at radius 1 is 1.08 bits per heavy atom. The smallest absolute Gasteiger partial charge is 0.227 e. The van der Waals surface area contributed by atoms with Crippen LogP contribution in [0.5, 0.6) is 11.5 Å². The topological polar surface area (TPSA) is 131 Å². The zero-order valence-electron chi connectivity index (χ0n) is 13.1. The molecule has 1 aromatic rings. The summed E-state index contributed by atoms with van der Waals surface area (Å²) in [5, 5.41) is 30.4. The van der Waals surface area contributed by atoms with Crippen LogP contribution >= 0.6 is 0 Å². The lowest BCUT2D eigenvalue weighted by molar-refractivity contribution is -0.131. The number of aliphatic hydroxyl groups is 1. The summed E-state index contributed by atoms with van der Waals surface area (Å²) in [7, 11) is 3.00. The molecule has 9 nitrogen and oxygen atoms in total. The maximum Gasteiger partial charge on any atom is 0.227 e. The lowest BCUT2D eigenvalue weighted by Crippen LogP contribution is -2.22. The second-order valence-electron chi connectivity index (χ2n) is 4.75. The van der Waals surface area contributed by atoms with Crippen molar-refractivity contribution in [2.45, 2.75) is 0 Å². The number of ketones is 2. The lowest BCUT2D eigenvalue weighted by Gasteiger charge is -2.17. The van der Waals surface area contributed by atoms with Crippen molar-refractivity contribution < 1.29 is 24.9 Å². The Kier molecular flexibility index (Phi) is 6.63. The van der Waals surface area contributed by atoms with E-state index in [1.165, 1.54) is 48.4 Å². The number of nitrogens with zero attached hydrogens (tertiary/aromatic N) is 3. The molecule has 9 heteroatoms. The van der Waals surface area contributed by atoms with Crippen LogP contribution in [0.2, 0.25) is 0 Å². The fraction of sp³-hybridized carbons (Fsp3) is 0.200. The number of phenolic OH excluding ortho intramolecular Hbond substituents is 2. The van der Waals surface area contributed by atoms with Crippen LogP contribution in [-0.2, 0) is 9.59 Å². The maximum atomic E-state index is 10.8. The van der Waals surface area contributed by atoms with Gasteiger partial charge in [0.15, 0.2) is 0 Å². The number of hydrogen-bond donors (Lipinski definition) is 3. The third kappa shape index (κ3) is 4.92. The molecule has 1 aliphatic carbocycles. The number of carbonyl (C=O) groups is 2. The zero-order chi connectivity index (χ0) is 18.3. The fourth-order valence-corrected chi connectivity index (χ4v) is 1.63. The minimum atomic E-state index is -0.548. The average molecular weight is 335 g/mol. The first kappa shape index (κ1) is 18.8. The van der Waals surface area contributed by atoms with E-state index < -0.39 is 11.6 Å². The molecule has 1 aliphatic rings. The number of benzene rings is 1. The second-order valence-corrected chi connectivity index (χ2v) is 4.75. The van der Waals surface area contributed by atoms with E-state index in [4.69, 9.17) is 10.2 Å². The molecule has 0 spiro atoms. The summed E-state index contributed by atoms with van der Waals surface area (Å²) < 4.78 is 0. The number of likely N-dealkylation sites (N-methyl/N-ethyl adjacent to an activating group) is 1. The first-order valence-corrected chi connectivity index (χ1v) is 6.69. The van der Waals surface area contributed by atoms with Gasteiger partial charge in [0, 0.05) is 31.9 Å². The number of nitroso groups, excluding NO2 is 1. The summed E-state index contributed by atoms with van der Waals surface area (Å²) in [6.07, 6.45) is 3.91. The Balaban J connectivity index is 0.000000240. The van der Waals surface area contributed by atoms with E-state index >= 15 is 0 Å². The molecule has 0 radical (unpaired) electrons. The number of allylic oxidation sites excluding steroid dienone is 3. The van der Waals surface area contributed by atoms with Gasteiger partial charge in [0.05, 0.1) is 5.29 Å². The summed E-state index contributed by atoms with van der Waals surface area (Å²) in [6, 6.07) is 3.85. The summed E-state index contributed by atoms with van der Waals surface area (Å²) in [5.41, 5.74) is 0.715. The highest BCUT2D eigenvalue weighted by Gasteiger charge is 2.14. The largest absolute Gasteiger partial charge is 0.508 e. The Morgan fingerprint density at radius 3 is 2.29 bits per heavy atom. The van der Waals surface area contributed by atoms with Gasteiger partial charge in [-0.3, -0.25) is 9.59 Å². The van der Waals surface area contributed by atoms with Crippen LogP contribution in [0.4, 0.5) is 5.69 Å². The van der Waals surface area contributed by atoms with Crippen LogP contribution < -0.4 is 5.01 Å². The number of aromatic hydroxyl groups is 2. The Hall–Kier alpha value is -3.20. The van der Waals surface area contributed by atoms with Crippen molar-refractivity contribution in [3.8, 4) is 11.5 Å². The van der Waals surface area contributed by atoms with Gasteiger partial charge in [0.25, 0.3) is 0 Å². The van der Waals surface area contributed by atoms with Gasteiger partial charge in [-0.1, -0.05) is 0 Å². The molecule has 2 rings (SSSR count). The molecular formula is C15H17N3O6. The quantitative estimate of drug-likeness (QED) is 0.183. The van der Waals surface area contributed by atoms with Gasteiger partial charge in [0.2, 0.25) is 11.6 Å². The minimum absolute atomic E-state index is 0.0294. The summed E-state index contributed by atoms with van der Waals surface area (Å²) in [5.74, 6) is -1.20. The van der Waals surface area contributed by atoms with Crippen molar-refractivity contribution in [3.05, 3.63) is 47.0 Å². The molecule has 0 bridgehead atoms. The normalized spacial score (nSPS) is 12.9. The molecule has 0 saturated carbocycles. The Labute approximate surface area is 137 Å². The molecule has 0 aromatic heterocycles. The number of rotatable bonds is 4. The average Bonchev–Trinajstić information content (AvgIpc) is 2.58. The molecule has 24 heavy (non-hydrogen) atoms. The van der Waals surface area contributed by atoms with Gasteiger partial charge in [-0.15, -0.1) is 4.91 Å². The molecule has 0 aliphatic heterocycles. The highest BCUT2D eigenvalue weighted by molar-refractivity contribution is 6.46. The van der Waals surface area contributed by atoms with Crippen molar-refractivity contribution >= 4 is 17.3 Å². The van der Waals surface area contributed by atoms with Crippen LogP contribution in [0.25, 0.3) is 0 Å². The van der Waals surface area contributed by atoms with Gasteiger partial charge in [-0.25, -0.2) is 5.01 Å². The van der Waals surface area contributed by atoms with Crippen LogP contribution in [-0.4, -0.2) is 52.6 Å². The zero-order valence-corrected chi connectivity index (χ0v) is 13.1. The first-order chi connectivity index (χ1) is 11.3. The minimum Gasteiger partial charge on any atom is -0.508 e. The third-order valence-electron chi connectivity index (χ3n) is 3.01. The standard InChI is InChI=1S/C8H9NO3.C7H8N2O3/c1-9(5-10)6-2-3-7(11)8(12)4-6;1-9(8-12)6-4-5(10)2-3-7(6)11/h2-4,10H,5H2,1H3;2-4,10-11H,1H3. The van der Waals surface area contributed by atoms with Crippen LogP contribution in [0.3, 0.4) is 0 Å². The van der Waals surface area contributed by atoms with Gasteiger partial charge >= 0.3 is 0 Å². The van der Waals surface area contributed by atoms with Crippen molar-refractivity contribution in [1.82, 2.24) is 4.90 Å². The van der Waals surface area contributed by atoms with E-state index in [9.17, 15) is 19.6 Å². The molecule has 0 unspecified atom stereocenters. The number of carbonyl (C=O) groups excluding carboxylic acids is 2. The first-order valence-electron chi connectivity index (χ1n) is 6.69. The van der Waals surface area contributed by atoms with Crippen molar-refractivity contribution in [2.75, 3.05) is 25.8 Å². The number of phenols is 2. The number of anilines is 1. The second kappa shape index (κ2) is 8.44. The maximum absolute atomic E-state index is 10.8. The molecule has 128 valence electrons. The van der Waals surface area contributed by atoms with Crippen molar-refractivity contribution in [2.24, 2.45) is 5.29 Å². The molecule has 1 aromatic carbocycles. The van der Waals surface area contributed by atoms with Crippen LogP contribution in [0.15, 0.2) is 47.4 Å². The number of aliphatic hydroxyl groups excluding tert-OH is 1. The van der Waals surface area contributed by atoms with Gasteiger partial charge in [0.1, 0.15) is 23.9 Å². The Morgan fingerprint density at radius 2 is 1.75 bits per heavy atom. The van der Waals surface area contributed by atoms with Gasteiger partial charge in [-0.05, 0) is 24.3 Å². The van der Waals surface area contributed by atoms with E-state index in [1.54, 1.807) is 7.05 Å². The SMILES string of the molecule is CN(CO)C1=CC(=O)C(=O)C=C1.CN(N=O)c1cc(O)ccc1O. The summed E-state index contributed by atoms with van der Waals surface area (Å²) >= 11 is 0. The van der Waals surface area contributed by atoms with E-state index in [-0.39, 0.29) is 23.9 Å². The van der Waals surface area contributed by atoms with E-state index in [2.05, 4.69) is 5.29 Å². The van der Waals surface area contributed by atoms with Crippen molar-refractivity contribution in [3.63, 3.8) is 0 Å². The predicted molar refractivity (Wildman–Crippen MR) is 86.1 cm³/mol. The highest BCUT2D eigenvalue weighted by atomic mass is 16.3. The van der Waals surface area contributed by atoms with E-state index in [0.717, 1.165) is 5.01 Å². The summed E-state index contributed by atoms with van der Waals surface area (Å²) in [4.78, 5) is 33.0. The van der Waals surface area contributed by atoms with E-state index in [0.29, 0.717) is 5.70 Å². The molecule has 0 atom stereocenters. The molecule has 0 saturated heterocycles. The van der Waals surface area contributed by atoms with Crippen LogP contribution in [0, 0.1) is 4.91 Å². The summed E-state index contributed by atoms with van der Waals surface area (Å²) in [6.45, 7) is -0.183.